The summed E-state index contributed by atoms with van der Waals surface area (Å²) < 4.78 is 0. The molecule has 0 heterocycles. The Bertz CT molecular complexity index is 1010. The third-order valence-corrected chi connectivity index (χ3v) is 6.64. The summed E-state index contributed by atoms with van der Waals surface area (Å²) in [4.78, 5) is 0. The number of rotatable bonds is 4. The number of nitriles is 2. The lowest BCUT2D eigenvalue weighted by molar-refractivity contribution is 0.451. The monoisotopic (exact) mass is 394 g/mol. The number of nitrogens with one attached hydrogen (secondary N) is 1. The SMILES string of the molecule is N#CC1(c2ccccc2)CCC(=NNC2=CC[C@@](C#N)(c3ccccc3)CC2)CC1. The van der Waals surface area contributed by atoms with Crippen LogP contribution in [0.5, 0.6) is 0 Å². The molecule has 4 heteroatoms. The molecule has 4 nitrogen and oxygen atoms in total. The van der Waals surface area contributed by atoms with E-state index in [1.807, 2.05) is 48.5 Å². The Morgan fingerprint density at radius 1 is 0.733 bits per heavy atom. The molecule has 0 amide bonds. The molecule has 0 saturated heterocycles. The van der Waals surface area contributed by atoms with Gasteiger partial charge in [-0.05, 0) is 56.1 Å². The fraction of sp³-hybridized carbons (Fsp3) is 0.346. The van der Waals surface area contributed by atoms with E-state index >= 15 is 0 Å². The smallest absolute Gasteiger partial charge is 0.0861 e. The summed E-state index contributed by atoms with van der Waals surface area (Å²) >= 11 is 0. The van der Waals surface area contributed by atoms with E-state index in [2.05, 4.69) is 40.9 Å². The summed E-state index contributed by atoms with van der Waals surface area (Å²) in [5, 5.41) is 24.3. The number of hydrogen-bond acceptors (Lipinski definition) is 4. The number of nitrogens with zero attached hydrogens (tertiary/aromatic N) is 3. The summed E-state index contributed by atoms with van der Waals surface area (Å²) in [5.74, 6) is 0. The van der Waals surface area contributed by atoms with Gasteiger partial charge in [-0.25, -0.2) is 0 Å². The summed E-state index contributed by atoms with van der Waals surface area (Å²) in [6.45, 7) is 0. The summed E-state index contributed by atoms with van der Waals surface area (Å²) in [6.07, 6.45) is 7.69. The second kappa shape index (κ2) is 8.56. The quantitative estimate of drug-likeness (QED) is 0.696. The van der Waals surface area contributed by atoms with Gasteiger partial charge in [-0.15, -0.1) is 0 Å². The minimum absolute atomic E-state index is 0.396. The normalized spacial score (nSPS) is 26.1. The highest BCUT2D eigenvalue weighted by Gasteiger charge is 2.36. The van der Waals surface area contributed by atoms with Gasteiger partial charge in [0.15, 0.2) is 0 Å². The van der Waals surface area contributed by atoms with Gasteiger partial charge in [-0.1, -0.05) is 66.7 Å². The van der Waals surface area contributed by atoms with Gasteiger partial charge in [0.05, 0.1) is 23.0 Å². The molecule has 1 atom stereocenters. The van der Waals surface area contributed by atoms with E-state index in [-0.39, 0.29) is 0 Å². The molecule has 1 fully saturated rings. The molecule has 30 heavy (non-hydrogen) atoms. The molecular weight excluding hydrogens is 368 g/mol. The maximum absolute atomic E-state index is 9.84. The Kier molecular flexibility index (Phi) is 5.68. The number of allylic oxidation sites excluding steroid dienone is 2. The van der Waals surface area contributed by atoms with Crippen LogP contribution in [0.2, 0.25) is 0 Å². The van der Waals surface area contributed by atoms with Crippen LogP contribution in [0.15, 0.2) is 77.5 Å². The zero-order chi connectivity index (χ0) is 20.9. The van der Waals surface area contributed by atoms with E-state index in [0.717, 1.165) is 61.1 Å². The number of hydrogen-bond donors (Lipinski definition) is 1. The van der Waals surface area contributed by atoms with Crippen LogP contribution in [0.1, 0.15) is 56.1 Å². The van der Waals surface area contributed by atoms with E-state index in [9.17, 15) is 10.5 Å². The molecule has 0 unspecified atom stereocenters. The molecule has 0 aliphatic heterocycles. The van der Waals surface area contributed by atoms with Crippen LogP contribution >= 0.6 is 0 Å². The molecule has 0 bridgehead atoms. The second-order valence-electron chi connectivity index (χ2n) is 8.34. The van der Waals surface area contributed by atoms with E-state index in [1.165, 1.54) is 0 Å². The summed E-state index contributed by atoms with van der Waals surface area (Å²) in [6, 6.07) is 25.3. The van der Waals surface area contributed by atoms with Crippen molar-refractivity contribution in [2.45, 2.75) is 55.8 Å². The fourth-order valence-corrected chi connectivity index (χ4v) is 4.59. The van der Waals surface area contributed by atoms with Crippen LogP contribution in [-0.2, 0) is 10.8 Å². The lowest BCUT2D eigenvalue weighted by Crippen LogP contribution is -2.31. The summed E-state index contributed by atoms with van der Waals surface area (Å²) in [5.41, 5.74) is 6.83. The number of hydrazone groups is 1. The van der Waals surface area contributed by atoms with Crippen molar-refractivity contribution >= 4 is 5.71 Å². The zero-order valence-electron chi connectivity index (χ0n) is 17.1. The van der Waals surface area contributed by atoms with Crippen molar-refractivity contribution in [3.8, 4) is 12.1 Å². The van der Waals surface area contributed by atoms with Crippen LogP contribution in [0, 0.1) is 22.7 Å². The van der Waals surface area contributed by atoms with Gasteiger partial charge in [-0.3, -0.25) is 5.43 Å². The topological polar surface area (TPSA) is 72.0 Å². The highest BCUT2D eigenvalue weighted by atomic mass is 15.3. The van der Waals surface area contributed by atoms with Gasteiger partial charge in [0.1, 0.15) is 0 Å². The molecule has 2 aromatic rings. The lowest BCUT2D eigenvalue weighted by Gasteiger charge is -2.32. The van der Waals surface area contributed by atoms with Gasteiger partial charge in [0.25, 0.3) is 0 Å². The molecule has 1 saturated carbocycles. The average molecular weight is 395 g/mol. The first-order valence-electron chi connectivity index (χ1n) is 10.6. The highest BCUT2D eigenvalue weighted by Crippen LogP contribution is 2.39. The number of benzene rings is 2. The van der Waals surface area contributed by atoms with Crippen molar-refractivity contribution in [3.05, 3.63) is 83.6 Å². The Morgan fingerprint density at radius 2 is 1.27 bits per heavy atom. The largest absolute Gasteiger partial charge is 0.283 e. The molecule has 1 N–H and O–H groups in total. The maximum Gasteiger partial charge on any atom is 0.0861 e. The maximum atomic E-state index is 9.84. The fourth-order valence-electron chi connectivity index (χ4n) is 4.59. The Morgan fingerprint density at radius 3 is 1.77 bits per heavy atom. The third-order valence-electron chi connectivity index (χ3n) is 6.64. The van der Waals surface area contributed by atoms with Gasteiger partial charge >= 0.3 is 0 Å². The molecule has 2 aliphatic rings. The predicted octanol–water partition coefficient (Wildman–Crippen LogP) is 5.50. The Hall–Kier alpha value is -3.37. The first-order valence-corrected chi connectivity index (χ1v) is 10.6. The molecule has 0 aromatic heterocycles. The van der Waals surface area contributed by atoms with Crippen LogP contribution in [0.25, 0.3) is 0 Å². The van der Waals surface area contributed by atoms with Crippen LogP contribution in [-0.4, -0.2) is 5.71 Å². The van der Waals surface area contributed by atoms with Gasteiger partial charge < -0.3 is 0 Å². The highest BCUT2D eigenvalue weighted by molar-refractivity contribution is 5.85. The minimum Gasteiger partial charge on any atom is -0.283 e. The molecule has 4 rings (SSSR count). The van der Waals surface area contributed by atoms with Crippen molar-refractivity contribution < 1.29 is 0 Å². The van der Waals surface area contributed by atoms with E-state index < -0.39 is 10.8 Å². The molecular formula is C26H26N4. The minimum atomic E-state index is -0.438. The molecule has 150 valence electrons. The van der Waals surface area contributed by atoms with E-state index in [1.54, 1.807) is 0 Å². The molecule has 0 radical (unpaired) electrons. The van der Waals surface area contributed by atoms with Crippen molar-refractivity contribution in [2.75, 3.05) is 0 Å². The second-order valence-corrected chi connectivity index (χ2v) is 8.34. The van der Waals surface area contributed by atoms with Crippen molar-refractivity contribution in [2.24, 2.45) is 5.10 Å². The van der Waals surface area contributed by atoms with Crippen LogP contribution in [0.3, 0.4) is 0 Å². The third kappa shape index (κ3) is 3.87. The van der Waals surface area contributed by atoms with Crippen LogP contribution in [0.4, 0.5) is 0 Å². The first kappa shape index (κ1) is 19.9. The molecule has 2 aliphatic carbocycles. The standard InChI is InChI=1S/C26H26N4/c27-19-25(21-7-3-1-4-8-21)15-11-23(12-16-25)29-30-24-13-17-26(20-28,18-14-24)22-9-5-2-6-10-22/h1-11,29H,12-18H2/t25-,26?/m1/s1. The Balaban J connectivity index is 1.39. The van der Waals surface area contributed by atoms with Gasteiger partial charge in [0, 0.05) is 11.4 Å². The summed E-state index contributed by atoms with van der Waals surface area (Å²) in [7, 11) is 0. The van der Waals surface area contributed by atoms with Gasteiger partial charge in [-0.2, -0.15) is 15.6 Å². The van der Waals surface area contributed by atoms with Crippen molar-refractivity contribution in [1.82, 2.24) is 5.43 Å². The van der Waals surface area contributed by atoms with Crippen molar-refractivity contribution in [3.63, 3.8) is 0 Å². The van der Waals surface area contributed by atoms with Crippen molar-refractivity contribution in [1.29, 1.82) is 10.5 Å². The van der Waals surface area contributed by atoms with Crippen LogP contribution < -0.4 is 5.43 Å². The lowest BCUT2D eigenvalue weighted by atomic mass is 9.70. The molecule has 0 spiro atoms. The first-order chi connectivity index (χ1) is 14.7. The van der Waals surface area contributed by atoms with E-state index in [4.69, 9.17) is 0 Å². The molecule has 2 aromatic carbocycles. The van der Waals surface area contributed by atoms with Gasteiger partial charge in [0.2, 0.25) is 0 Å². The van der Waals surface area contributed by atoms with E-state index in [0.29, 0.717) is 6.42 Å². The Labute approximate surface area is 178 Å². The average Bonchev–Trinajstić information content (AvgIpc) is 2.84. The zero-order valence-corrected chi connectivity index (χ0v) is 17.1. The predicted molar refractivity (Wildman–Crippen MR) is 118 cm³/mol.